The number of unbranched alkanes of at least 4 members (excludes halogenated alkanes) is 1. The van der Waals surface area contributed by atoms with Gasteiger partial charge in [0.1, 0.15) is 5.69 Å². The fourth-order valence-corrected chi connectivity index (χ4v) is 3.11. The van der Waals surface area contributed by atoms with Crippen LogP contribution >= 0.6 is 23.2 Å². The largest absolute Gasteiger partial charge is 0.396 e. The molecule has 0 unspecified atom stereocenters. The number of nitrogens with zero attached hydrogens (tertiary/aromatic N) is 1. The van der Waals surface area contributed by atoms with Crippen molar-refractivity contribution in [2.24, 2.45) is 0 Å². The minimum Gasteiger partial charge on any atom is -0.396 e. The molecular formula is C16H18Cl2N2O2. The van der Waals surface area contributed by atoms with Gasteiger partial charge >= 0.3 is 0 Å². The Balaban J connectivity index is 1.88. The van der Waals surface area contributed by atoms with Crippen molar-refractivity contribution in [1.29, 1.82) is 0 Å². The number of carbonyl (C=O) groups is 1. The number of nitrogens with one attached hydrogen (secondary N) is 1. The second-order valence-electron chi connectivity index (χ2n) is 5.66. The van der Waals surface area contributed by atoms with Gasteiger partial charge in [-0.1, -0.05) is 23.2 Å². The Morgan fingerprint density at radius 3 is 2.77 bits per heavy atom. The monoisotopic (exact) mass is 340 g/mol. The van der Waals surface area contributed by atoms with Crippen molar-refractivity contribution in [3.63, 3.8) is 0 Å². The van der Waals surface area contributed by atoms with Gasteiger partial charge in [0.2, 0.25) is 0 Å². The number of H-pyrrole nitrogens is 1. The molecule has 118 valence electrons. The predicted octanol–water partition coefficient (Wildman–Crippen LogP) is 3.85. The molecule has 0 spiro atoms. The summed E-state index contributed by atoms with van der Waals surface area (Å²) in [5.74, 6) is -0.0715. The second kappa shape index (κ2) is 6.49. The molecule has 1 fully saturated rings. The molecule has 3 rings (SSSR count). The van der Waals surface area contributed by atoms with Crippen LogP contribution < -0.4 is 0 Å². The van der Waals surface area contributed by atoms with E-state index in [0.717, 1.165) is 30.2 Å². The molecule has 1 aromatic heterocycles. The molecule has 0 bridgehead atoms. The van der Waals surface area contributed by atoms with E-state index in [4.69, 9.17) is 28.3 Å². The lowest BCUT2D eigenvalue weighted by molar-refractivity contribution is 0.0732. The Labute approximate surface area is 139 Å². The first-order valence-electron chi connectivity index (χ1n) is 7.50. The molecular weight excluding hydrogens is 323 g/mol. The highest BCUT2D eigenvalue weighted by molar-refractivity contribution is 6.39. The van der Waals surface area contributed by atoms with Gasteiger partial charge in [-0.25, -0.2) is 0 Å². The molecule has 4 nitrogen and oxygen atoms in total. The van der Waals surface area contributed by atoms with Crippen LogP contribution in [0.5, 0.6) is 0 Å². The highest BCUT2D eigenvalue weighted by atomic mass is 35.5. The summed E-state index contributed by atoms with van der Waals surface area (Å²) < 4.78 is 0. The van der Waals surface area contributed by atoms with E-state index in [-0.39, 0.29) is 12.5 Å². The van der Waals surface area contributed by atoms with E-state index in [1.807, 2.05) is 11.0 Å². The Morgan fingerprint density at radius 2 is 2.09 bits per heavy atom. The predicted molar refractivity (Wildman–Crippen MR) is 88.7 cm³/mol. The third-order valence-corrected chi connectivity index (χ3v) is 4.59. The Hall–Kier alpha value is -1.23. The molecule has 2 aromatic rings. The van der Waals surface area contributed by atoms with Gasteiger partial charge < -0.3 is 15.0 Å². The first-order chi connectivity index (χ1) is 10.6. The van der Waals surface area contributed by atoms with Crippen LogP contribution in [0.3, 0.4) is 0 Å². The molecule has 0 radical (unpaired) electrons. The molecule has 1 amide bonds. The Bertz CT molecular complexity index is 695. The maximum Gasteiger partial charge on any atom is 0.272 e. The van der Waals surface area contributed by atoms with Crippen molar-refractivity contribution in [3.05, 3.63) is 33.9 Å². The van der Waals surface area contributed by atoms with Crippen molar-refractivity contribution < 1.29 is 9.90 Å². The van der Waals surface area contributed by atoms with Crippen LogP contribution in [0.2, 0.25) is 10.0 Å². The van der Waals surface area contributed by atoms with E-state index in [2.05, 4.69) is 4.98 Å². The van der Waals surface area contributed by atoms with E-state index in [0.29, 0.717) is 34.7 Å². The van der Waals surface area contributed by atoms with Crippen LogP contribution in [0.1, 0.15) is 36.2 Å². The third-order valence-electron chi connectivity index (χ3n) is 3.97. The van der Waals surface area contributed by atoms with Crippen molar-refractivity contribution in [1.82, 2.24) is 9.88 Å². The molecule has 6 heteroatoms. The van der Waals surface area contributed by atoms with E-state index in [1.165, 1.54) is 0 Å². The Kier molecular flexibility index (Phi) is 4.62. The van der Waals surface area contributed by atoms with Crippen LogP contribution in [0.15, 0.2) is 18.2 Å². The summed E-state index contributed by atoms with van der Waals surface area (Å²) in [6, 6.07) is 5.66. The zero-order valence-electron chi connectivity index (χ0n) is 12.1. The number of aliphatic hydroxyl groups excluding tert-OH is 1. The average molecular weight is 341 g/mol. The van der Waals surface area contributed by atoms with Gasteiger partial charge in [0.05, 0.1) is 5.02 Å². The van der Waals surface area contributed by atoms with Gasteiger partial charge in [0.15, 0.2) is 0 Å². The maximum atomic E-state index is 12.8. The van der Waals surface area contributed by atoms with Crippen LogP contribution in [-0.4, -0.2) is 40.1 Å². The number of aromatic nitrogens is 1. The van der Waals surface area contributed by atoms with Crippen molar-refractivity contribution in [2.75, 3.05) is 13.2 Å². The van der Waals surface area contributed by atoms with E-state index >= 15 is 0 Å². The van der Waals surface area contributed by atoms with Gasteiger partial charge in [0, 0.05) is 35.1 Å². The second-order valence-corrected chi connectivity index (χ2v) is 6.48. The smallest absolute Gasteiger partial charge is 0.272 e. The van der Waals surface area contributed by atoms with Crippen LogP contribution in [-0.2, 0) is 0 Å². The first kappa shape index (κ1) is 15.7. The molecule has 22 heavy (non-hydrogen) atoms. The lowest BCUT2D eigenvalue weighted by Crippen LogP contribution is -2.34. The summed E-state index contributed by atoms with van der Waals surface area (Å²) in [4.78, 5) is 17.8. The quantitative estimate of drug-likeness (QED) is 0.784. The van der Waals surface area contributed by atoms with Gasteiger partial charge in [-0.2, -0.15) is 0 Å². The molecule has 1 aliphatic carbocycles. The number of carbonyl (C=O) groups excluding carboxylic acids is 1. The summed E-state index contributed by atoms with van der Waals surface area (Å²) in [7, 11) is 0. The summed E-state index contributed by atoms with van der Waals surface area (Å²) in [6.07, 6.45) is 3.57. The normalized spacial score (nSPS) is 14.5. The number of fused-ring (bicyclic) bond motifs is 1. The molecule has 1 saturated carbocycles. The molecule has 1 aromatic carbocycles. The number of hydrogen-bond donors (Lipinski definition) is 2. The lowest BCUT2D eigenvalue weighted by atomic mass is 10.2. The molecule has 2 N–H and O–H groups in total. The van der Waals surface area contributed by atoms with Crippen LogP contribution in [0.4, 0.5) is 0 Å². The molecule has 0 atom stereocenters. The molecule has 1 aliphatic rings. The highest BCUT2D eigenvalue weighted by Gasteiger charge is 2.34. The molecule has 0 aliphatic heterocycles. The van der Waals surface area contributed by atoms with E-state index in [9.17, 15) is 4.79 Å². The minimum atomic E-state index is -0.0715. The summed E-state index contributed by atoms with van der Waals surface area (Å²) >= 11 is 12.4. The summed E-state index contributed by atoms with van der Waals surface area (Å²) in [6.45, 7) is 0.800. The topological polar surface area (TPSA) is 56.3 Å². The molecule has 1 heterocycles. The number of amides is 1. The minimum absolute atomic E-state index is 0.0715. The lowest BCUT2D eigenvalue weighted by Gasteiger charge is -2.21. The fourth-order valence-electron chi connectivity index (χ4n) is 2.65. The summed E-state index contributed by atoms with van der Waals surface area (Å²) in [5, 5.41) is 10.7. The van der Waals surface area contributed by atoms with Crippen molar-refractivity contribution in [2.45, 2.75) is 31.7 Å². The maximum absolute atomic E-state index is 12.8. The number of hydrogen-bond acceptors (Lipinski definition) is 2. The van der Waals surface area contributed by atoms with E-state index in [1.54, 1.807) is 12.1 Å². The SMILES string of the molecule is O=C(c1[nH]c2ccc(Cl)cc2c1Cl)N(CCCCO)C1CC1. The van der Waals surface area contributed by atoms with E-state index < -0.39 is 0 Å². The standard InChI is InChI=1S/C16H18Cl2N2O2/c17-10-3-6-13-12(9-10)14(18)15(19-13)16(22)20(11-4-5-11)7-1-2-8-21/h3,6,9,11,19,21H,1-2,4-5,7-8H2. The number of aliphatic hydroxyl groups is 1. The fraction of sp³-hybridized carbons (Fsp3) is 0.438. The highest BCUT2D eigenvalue weighted by Crippen LogP contribution is 2.33. The number of benzene rings is 1. The Morgan fingerprint density at radius 1 is 1.32 bits per heavy atom. The van der Waals surface area contributed by atoms with Crippen molar-refractivity contribution in [3.8, 4) is 0 Å². The number of halogens is 2. The van der Waals surface area contributed by atoms with Crippen LogP contribution in [0, 0.1) is 0 Å². The van der Waals surface area contributed by atoms with Crippen LogP contribution in [0.25, 0.3) is 10.9 Å². The van der Waals surface area contributed by atoms with Crippen molar-refractivity contribution >= 4 is 40.0 Å². The number of rotatable bonds is 6. The third kappa shape index (κ3) is 3.09. The first-order valence-corrected chi connectivity index (χ1v) is 8.26. The van der Waals surface area contributed by atoms with Gasteiger partial charge in [0.25, 0.3) is 5.91 Å². The van der Waals surface area contributed by atoms with Gasteiger partial charge in [-0.15, -0.1) is 0 Å². The van der Waals surface area contributed by atoms with Gasteiger partial charge in [-0.05, 0) is 43.9 Å². The average Bonchev–Trinajstić information content (AvgIpc) is 3.29. The zero-order chi connectivity index (χ0) is 15.7. The number of aromatic amines is 1. The zero-order valence-corrected chi connectivity index (χ0v) is 13.6. The summed E-state index contributed by atoms with van der Waals surface area (Å²) in [5.41, 5.74) is 1.23. The van der Waals surface area contributed by atoms with Gasteiger partial charge in [-0.3, -0.25) is 4.79 Å². The molecule has 0 saturated heterocycles.